The summed E-state index contributed by atoms with van der Waals surface area (Å²) in [4.78, 5) is 0.495. The molecule has 0 amide bonds. The summed E-state index contributed by atoms with van der Waals surface area (Å²) in [5, 5.41) is 6.71. The van der Waals surface area contributed by atoms with E-state index < -0.39 is 20.0 Å². The number of hydrogen-bond donors (Lipinski definition) is 1. The minimum Gasteiger partial charge on any atom is -0.281 e. The van der Waals surface area contributed by atoms with E-state index in [0.717, 1.165) is 31.2 Å². The van der Waals surface area contributed by atoms with E-state index in [0.29, 0.717) is 29.2 Å². The van der Waals surface area contributed by atoms with Gasteiger partial charge in [0.05, 0.1) is 16.3 Å². The lowest BCUT2D eigenvalue weighted by Crippen LogP contribution is -2.37. The van der Waals surface area contributed by atoms with Crippen molar-refractivity contribution in [3.63, 3.8) is 0 Å². The van der Waals surface area contributed by atoms with E-state index in [1.807, 2.05) is 6.07 Å². The highest BCUT2D eigenvalue weighted by Gasteiger charge is 2.34. The summed E-state index contributed by atoms with van der Waals surface area (Å²) in [6, 6.07) is 5.43. The minimum atomic E-state index is -3.73. The Kier molecular flexibility index (Phi) is 5.78. The summed E-state index contributed by atoms with van der Waals surface area (Å²) in [6.07, 6.45) is 4.58. The van der Waals surface area contributed by atoms with Crippen LogP contribution in [0.25, 0.3) is 0 Å². The molecular weight excluding hydrogens is 424 g/mol. The van der Waals surface area contributed by atoms with Crippen LogP contribution in [0.2, 0.25) is 0 Å². The number of hydrogen-bond acceptors (Lipinski definition) is 5. The van der Waals surface area contributed by atoms with Crippen molar-refractivity contribution in [1.29, 1.82) is 0 Å². The molecule has 1 aromatic heterocycles. The molecule has 1 aromatic carbocycles. The van der Waals surface area contributed by atoms with Gasteiger partial charge >= 0.3 is 0 Å². The van der Waals surface area contributed by atoms with Crippen molar-refractivity contribution in [3.05, 3.63) is 40.7 Å². The number of sulfonamides is 2. The fourth-order valence-electron chi connectivity index (χ4n) is 4.42. The van der Waals surface area contributed by atoms with Crippen LogP contribution in [0.4, 0.5) is 0 Å². The first-order valence-corrected chi connectivity index (χ1v) is 13.2. The molecule has 30 heavy (non-hydrogen) atoms. The fourth-order valence-corrected chi connectivity index (χ4v) is 7.74. The number of nitrogens with zero attached hydrogens (tertiary/aromatic N) is 3. The maximum atomic E-state index is 13.3. The standard InChI is InChI=1S/C20H28N4O4S2/c1-15-20(16(2)22-21-15)30(27,28)24-11-5-10-23(12-13-24)29(25,26)19-9-8-17-6-3-4-7-18(17)14-19/h8-9,14H,3-7,10-13H2,1-2H3,(H,21,22). The second-order valence-corrected chi connectivity index (χ2v) is 11.9. The smallest absolute Gasteiger partial charge is 0.246 e. The SMILES string of the molecule is Cc1n[nH]c(C)c1S(=O)(=O)N1CCCN(S(=O)(=O)c2ccc3c(c2)CCCC3)CC1. The molecule has 2 aliphatic rings. The van der Waals surface area contributed by atoms with Gasteiger partial charge in [-0.1, -0.05) is 6.07 Å². The van der Waals surface area contributed by atoms with Crippen molar-refractivity contribution in [3.8, 4) is 0 Å². The topological polar surface area (TPSA) is 103 Å². The molecule has 4 rings (SSSR count). The molecule has 164 valence electrons. The van der Waals surface area contributed by atoms with E-state index in [2.05, 4.69) is 10.2 Å². The Morgan fingerprint density at radius 2 is 1.47 bits per heavy atom. The van der Waals surface area contributed by atoms with E-state index in [4.69, 9.17) is 0 Å². The Labute approximate surface area is 178 Å². The van der Waals surface area contributed by atoms with Crippen LogP contribution in [-0.2, 0) is 32.9 Å². The van der Waals surface area contributed by atoms with Gasteiger partial charge in [-0.2, -0.15) is 13.7 Å². The van der Waals surface area contributed by atoms with E-state index in [1.165, 1.54) is 14.2 Å². The molecule has 2 aromatic rings. The van der Waals surface area contributed by atoms with Crippen molar-refractivity contribution in [2.75, 3.05) is 26.2 Å². The fraction of sp³-hybridized carbons (Fsp3) is 0.550. The zero-order valence-electron chi connectivity index (χ0n) is 17.4. The predicted octanol–water partition coefficient (Wildman–Crippen LogP) is 1.99. The molecule has 1 N–H and O–H groups in total. The van der Waals surface area contributed by atoms with E-state index in [1.54, 1.807) is 26.0 Å². The van der Waals surface area contributed by atoms with Crippen LogP contribution in [0.5, 0.6) is 0 Å². The molecule has 1 aliphatic heterocycles. The average molecular weight is 453 g/mol. The highest BCUT2D eigenvalue weighted by Crippen LogP contribution is 2.27. The maximum Gasteiger partial charge on any atom is 0.246 e. The van der Waals surface area contributed by atoms with Gasteiger partial charge in [-0.25, -0.2) is 16.8 Å². The number of fused-ring (bicyclic) bond motifs is 1. The van der Waals surface area contributed by atoms with Crippen LogP contribution in [0.15, 0.2) is 28.0 Å². The molecule has 0 unspecified atom stereocenters. The first kappa shape index (κ1) is 21.5. The van der Waals surface area contributed by atoms with Gasteiger partial charge in [0.2, 0.25) is 20.0 Å². The van der Waals surface area contributed by atoms with E-state index >= 15 is 0 Å². The first-order chi connectivity index (χ1) is 14.2. The third kappa shape index (κ3) is 3.81. The largest absolute Gasteiger partial charge is 0.281 e. The Morgan fingerprint density at radius 1 is 0.833 bits per heavy atom. The van der Waals surface area contributed by atoms with Crippen LogP contribution in [-0.4, -0.2) is 61.8 Å². The number of nitrogens with one attached hydrogen (secondary N) is 1. The van der Waals surface area contributed by atoms with Gasteiger partial charge in [-0.05, 0) is 69.2 Å². The number of benzene rings is 1. The predicted molar refractivity (Wildman–Crippen MR) is 113 cm³/mol. The van der Waals surface area contributed by atoms with Crippen molar-refractivity contribution in [2.45, 2.75) is 55.7 Å². The summed E-state index contributed by atoms with van der Waals surface area (Å²) in [5.74, 6) is 0. The van der Waals surface area contributed by atoms with Crippen LogP contribution in [0.1, 0.15) is 41.8 Å². The number of H-pyrrole nitrogens is 1. The van der Waals surface area contributed by atoms with E-state index in [9.17, 15) is 16.8 Å². The molecule has 10 heteroatoms. The highest BCUT2D eigenvalue weighted by atomic mass is 32.2. The van der Waals surface area contributed by atoms with Gasteiger partial charge in [0.25, 0.3) is 0 Å². The highest BCUT2D eigenvalue weighted by molar-refractivity contribution is 7.89. The number of rotatable bonds is 4. The van der Waals surface area contributed by atoms with Gasteiger partial charge in [0.1, 0.15) is 4.90 Å². The van der Waals surface area contributed by atoms with Gasteiger partial charge < -0.3 is 0 Å². The van der Waals surface area contributed by atoms with Crippen LogP contribution < -0.4 is 0 Å². The Morgan fingerprint density at radius 3 is 2.10 bits per heavy atom. The van der Waals surface area contributed by atoms with Crippen LogP contribution >= 0.6 is 0 Å². The molecule has 1 aliphatic carbocycles. The quantitative estimate of drug-likeness (QED) is 0.764. The third-order valence-corrected chi connectivity index (χ3v) is 10.1. The lowest BCUT2D eigenvalue weighted by atomic mass is 9.92. The molecule has 8 nitrogen and oxygen atoms in total. The summed E-state index contributed by atoms with van der Waals surface area (Å²) >= 11 is 0. The first-order valence-electron chi connectivity index (χ1n) is 10.3. The molecule has 2 heterocycles. The normalized spacial score (nSPS) is 19.4. The maximum absolute atomic E-state index is 13.3. The van der Waals surface area contributed by atoms with Crippen molar-refractivity contribution < 1.29 is 16.8 Å². The molecule has 0 bridgehead atoms. The molecule has 0 radical (unpaired) electrons. The number of aromatic nitrogens is 2. The molecule has 1 fully saturated rings. The molecule has 0 atom stereocenters. The second-order valence-electron chi connectivity index (χ2n) is 8.06. The minimum absolute atomic E-state index is 0.122. The summed E-state index contributed by atoms with van der Waals surface area (Å²) in [6.45, 7) is 4.17. The lowest BCUT2D eigenvalue weighted by molar-refractivity contribution is 0.404. The Bertz CT molecular complexity index is 1140. The van der Waals surface area contributed by atoms with Crippen molar-refractivity contribution in [1.82, 2.24) is 18.8 Å². The molecular formula is C20H28N4O4S2. The molecule has 1 saturated heterocycles. The number of aryl methyl sites for hydroxylation is 4. The summed E-state index contributed by atoms with van der Waals surface area (Å²) in [7, 11) is -7.40. The zero-order valence-corrected chi connectivity index (χ0v) is 19.0. The second kappa shape index (κ2) is 8.07. The Hall–Kier alpha value is -1.75. The van der Waals surface area contributed by atoms with E-state index in [-0.39, 0.29) is 24.5 Å². The third-order valence-electron chi connectivity index (χ3n) is 6.03. The van der Waals surface area contributed by atoms with Crippen molar-refractivity contribution in [2.24, 2.45) is 0 Å². The van der Waals surface area contributed by atoms with Crippen LogP contribution in [0, 0.1) is 13.8 Å². The summed E-state index contributed by atoms with van der Waals surface area (Å²) in [5.41, 5.74) is 3.28. The lowest BCUT2D eigenvalue weighted by Gasteiger charge is -2.23. The van der Waals surface area contributed by atoms with Crippen molar-refractivity contribution >= 4 is 20.0 Å². The summed E-state index contributed by atoms with van der Waals surface area (Å²) < 4.78 is 55.6. The Balaban J connectivity index is 1.55. The van der Waals surface area contributed by atoms with Gasteiger partial charge in [-0.3, -0.25) is 5.10 Å². The number of aromatic amines is 1. The molecule has 0 spiro atoms. The van der Waals surface area contributed by atoms with Gasteiger partial charge in [0.15, 0.2) is 0 Å². The monoisotopic (exact) mass is 452 g/mol. The van der Waals surface area contributed by atoms with Gasteiger partial charge in [-0.15, -0.1) is 0 Å². The zero-order chi connectivity index (χ0) is 21.5. The van der Waals surface area contributed by atoms with Crippen LogP contribution in [0.3, 0.4) is 0 Å². The average Bonchev–Trinajstić information content (AvgIpc) is 2.92. The van der Waals surface area contributed by atoms with Gasteiger partial charge in [0, 0.05) is 26.2 Å². The molecule has 0 saturated carbocycles.